The van der Waals surface area contributed by atoms with Crippen molar-refractivity contribution in [3.8, 4) is 0 Å². The van der Waals surface area contributed by atoms with E-state index < -0.39 is 23.5 Å². The van der Waals surface area contributed by atoms with Gasteiger partial charge in [-0.3, -0.25) is 0 Å². The zero-order valence-corrected chi connectivity index (χ0v) is 15.7. The summed E-state index contributed by atoms with van der Waals surface area (Å²) in [6, 6.07) is 14.0. The average molecular weight is 425 g/mol. The van der Waals surface area contributed by atoms with Gasteiger partial charge in [-0.1, -0.05) is 36.4 Å². The molecule has 4 aromatic rings. The van der Waals surface area contributed by atoms with Crippen molar-refractivity contribution in [1.29, 1.82) is 0 Å². The van der Waals surface area contributed by atoms with Crippen LogP contribution in [0.3, 0.4) is 0 Å². The van der Waals surface area contributed by atoms with Crippen LogP contribution in [0, 0.1) is 0 Å². The van der Waals surface area contributed by atoms with Crippen molar-refractivity contribution in [3.63, 3.8) is 0 Å². The molecule has 0 saturated heterocycles. The monoisotopic (exact) mass is 425 g/mol. The van der Waals surface area contributed by atoms with Crippen LogP contribution in [0.15, 0.2) is 60.7 Å². The number of benzene rings is 3. The quantitative estimate of drug-likeness (QED) is 0.296. The second-order valence-corrected chi connectivity index (χ2v) is 7.53. The second-order valence-electron chi connectivity index (χ2n) is 6.51. The normalized spacial score (nSPS) is 12.7. The average Bonchev–Trinajstić information content (AvgIpc) is 3.04. The fourth-order valence-electron chi connectivity index (χ4n) is 3.43. The van der Waals surface area contributed by atoms with Gasteiger partial charge in [0.15, 0.2) is 0 Å². The highest BCUT2D eigenvalue weighted by Gasteiger charge is 2.35. The van der Waals surface area contributed by atoms with E-state index in [1.807, 2.05) is 0 Å². The molecule has 0 fully saturated rings. The third-order valence-electron chi connectivity index (χ3n) is 4.74. The molecule has 1 aromatic heterocycles. The lowest BCUT2D eigenvalue weighted by atomic mass is 10.1. The largest absolute Gasteiger partial charge is 0.418 e. The van der Waals surface area contributed by atoms with Gasteiger partial charge in [0.25, 0.3) is 0 Å². The van der Waals surface area contributed by atoms with Crippen LogP contribution in [0.25, 0.3) is 20.2 Å². The Morgan fingerprint density at radius 3 is 1.79 bits per heavy atom. The Hall–Kier alpha value is -2.74. The van der Waals surface area contributed by atoms with Crippen LogP contribution >= 0.6 is 11.3 Å². The molecule has 4 rings (SSSR count). The maximum absolute atomic E-state index is 13.4. The van der Waals surface area contributed by atoms with E-state index in [1.54, 1.807) is 24.3 Å². The second kappa shape index (κ2) is 6.66. The number of anilines is 2. The molecule has 0 saturated carbocycles. The van der Waals surface area contributed by atoms with E-state index >= 15 is 0 Å². The highest BCUT2D eigenvalue weighted by molar-refractivity contribution is 7.26. The lowest BCUT2D eigenvalue weighted by molar-refractivity contribution is -0.137. The van der Waals surface area contributed by atoms with E-state index in [4.69, 9.17) is 0 Å². The topological polar surface area (TPSA) is 3.24 Å². The number of hydrogen-bond acceptors (Lipinski definition) is 2. The first-order valence-corrected chi connectivity index (χ1v) is 9.32. The number of nitrogens with zero attached hydrogens (tertiary/aromatic N) is 1. The third kappa shape index (κ3) is 3.31. The van der Waals surface area contributed by atoms with Crippen LogP contribution in [0.2, 0.25) is 0 Å². The first-order valence-electron chi connectivity index (χ1n) is 8.50. The van der Waals surface area contributed by atoms with E-state index in [0.29, 0.717) is 21.2 Å². The van der Waals surface area contributed by atoms with Crippen LogP contribution in [0.4, 0.5) is 37.7 Å². The van der Waals surface area contributed by atoms with Crippen molar-refractivity contribution < 1.29 is 26.3 Å². The van der Waals surface area contributed by atoms with Gasteiger partial charge in [0.2, 0.25) is 0 Å². The van der Waals surface area contributed by atoms with Crippen molar-refractivity contribution in [2.45, 2.75) is 12.4 Å². The van der Waals surface area contributed by atoms with E-state index in [1.165, 1.54) is 36.2 Å². The third-order valence-corrected chi connectivity index (χ3v) is 6.02. The molecule has 1 nitrogen and oxygen atoms in total. The predicted octanol–water partition coefficient (Wildman–Crippen LogP) is 7.86. The molecule has 0 amide bonds. The van der Waals surface area contributed by atoms with Gasteiger partial charge < -0.3 is 4.90 Å². The number of hydrogen-bond donors (Lipinski definition) is 0. The molecule has 1 heterocycles. The van der Waals surface area contributed by atoms with Gasteiger partial charge in [0.1, 0.15) is 0 Å². The standard InChI is InChI=1S/C21H13F6NS/c1-28(16-10-3-2-8-14(16)20(22,23)24)17-11-5-7-13-12-6-4-9-15(21(25,26)27)18(12)29-19(13)17/h2-11H,1H3. The molecule has 0 bridgehead atoms. The molecule has 0 unspecified atom stereocenters. The molecule has 0 aliphatic heterocycles. The molecule has 0 aliphatic carbocycles. The maximum atomic E-state index is 13.4. The number of thiophene rings is 1. The summed E-state index contributed by atoms with van der Waals surface area (Å²) >= 11 is 0.935. The first kappa shape index (κ1) is 19.6. The minimum absolute atomic E-state index is 0.0685. The summed E-state index contributed by atoms with van der Waals surface area (Å²) < 4.78 is 81.2. The summed E-state index contributed by atoms with van der Waals surface area (Å²) in [4.78, 5) is 1.37. The van der Waals surface area contributed by atoms with Gasteiger partial charge in [0, 0.05) is 22.5 Å². The number of para-hydroxylation sites is 1. The molecular formula is C21H13F6NS. The van der Waals surface area contributed by atoms with Crippen LogP contribution in [0.1, 0.15) is 11.1 Å². The summed E-state index contributed by atoms with van der Waals surface area (Å²) in [7, 11) is 1.48. The first-order chi connectivity index (χ1) is 13.6. The summed E-state index contributed by atoms with van der Waals surface area (Å²) in [5.41, 5.74) is -1.22. The Labute approximate surface area is 165 Å². The minimum atomic E-state index is -4.55. The smallest absolute Gasteiger partial charge is 0.343 e. The van der Waals surface area contributed by atoms with Gasteiger partial charge in [-0.15, -0.1) is 11.3 Å². The molecular weight excluding hydrogens is 412 g/mol. The van der Waals surface area contributed by atoms with Crippen LogP contribution in [-0.2, 0) is 12.4 Å². The summed E-state index contributed by atoms with van der Waals surface area (Å²) in [6.07, 6.45) is -9.07. The predicted molar refractivity (Wildman–Crippen MR) is 104 cm³/mol. The van der Waals surface area contributed by atoms with Gasteiger partial charge >= 0.3 is 12.4 Å². The highest BCUT2D eigenvalue weighted by atomic mass is 32.1. The summed E-state index contributed by atoms with van der Waals surface area (Å²) in [5, 5.41) is 1.00. The van der Waals surface area contributed by atoms with Gasteiger partial charge in [-0.05, 0) is 24.3 Å². The molecule has 150 valence electrons. The van der Waals surface area contributed by atoms with Gasteiger partial charge in [-0.25, -0.2) is 0 Å². The lowest BCUT2D eigenvalue weighted by Crippen LogP contribution is -2.16. The number of alkyl halides is 6. The van der Waals surface area contributed by atoms with Gasteiger partial charge in [-0.2, -0.15) is 26.3 Å². The van der Waals surface area contributed by atoms with Crippen molar-refractivity contribution in [2.24, 2.45) is 0 Å². The molecule has 0 radical (unpaired) electrons. The Morgan fingerprint density at radius 2 is 1.14 bits per heavy atom. The molecule has 29 heavy (non-hydrogen) atoms. The van der Waals surface area contributed by atoms with Crippen molar-refractivity contribution in [2.75, 3.05) is 11.9 Å². The van der Waals surface area contributed by atoms with E-state index in [2.05, 4.69) is 0 Å². The molecule has 3 aromatic carbocycles. The lowest BCUT2D eigenvalue weighted by Gasteiger charge is -2.24. The fraction of sp³-hybridized carbons (Fsp3) is 0.143. The Balaban J connectivity index is 1.97. The molecule has 0 aliphatic rings. The van der Waals surface area contributed by atoms with Crippen molar-refractivity contribution in [1.82, 2.24) is 0 Å². The van der Waals surface area contributed by atoms with E-state index in [-0.39, 0.29) is 10.4 Å². The maximum Gasteiger partial charge on any atom is 0.418 e. The zero-order valence-electron chi connectivity index (χ0n) is 14.9. The van der Waals surface area contributed by atoms with Gasteiger partial charge in [0.05, 0.1) is 27.2 Å². The van der Waals surface area contributed by atoms with E-state index in [0.717, 1.165) is 23.5 Å². The Bertz CT molecular complexity index is 1210. The molecule has 0 spiro atoms. The Kier molecular flexibility index (Phi) is 4.49. The van der Waals surface area contributed by atoms with Crippen LogP contribution in [-0.4, -0.2) is 7.05 Å². The van der Waals surface area contributed by atoms with E-state index in [9.17, 15) is 26.3 Å². The van der Waals surface area contributed by atoms with Crippen molar-refractivity contribution in [3.05, 3.63) is 71.8 Å². The minimum Gasteiger partial charge on any atom is -0.343 e. The number of halogens is 6. The zero-order chi connectivity index (χ0) is 21.0. The van der Waals surface area contributed by atoms with Crippen molar-refractivity contribution >= 4 is 42.9 Å². The summed E-state index contributed by atoms with van der Waals surface area (Å²) in [6.45, 7) is 0. The summed E-state index contributed by atoms with van der Waals surface area (Å²) in [5.74, 6) is 0. The van der Waals surface area contributed by atoms with Crippen LogP contribution < -0.4 is 4.90 Å². The number of fused-ring (bicyclic) bond motifs is 3. The fourth-order valence-corrected chi connectivity index (χ4v) is 4.81. The molecule has 0 N–H and O–H groups in total. The SMILES string of the molecule is CN(c1ccccc1C(F)(F)F)c1cccc2c1sc1c(C(F)(F)F)cccc12. The highest BCUT2D eigenvalue weighted by Crippen LogP contribution is 2.46. The van der Waals surface area contributed by atoms with Crippen LogP contribution in [0.5, 0.6) is 0 Å². The molecule has 0 atom stereocenters. The Morgan fingerprint density at radius 1 is 0.621 bits per heavy atom. The number of rotatable bonds is 2. The molecule has 8 heteroatoms.